The van der Waals surface area contributed by atoms with Gasteiger partial charge in [-0.2, -0.15) is 0 Å². The molecule has 29 heavy (non-hydrogen) atoms. The summed E-state index contributed by atoms with van der Waals surface area (Å²) in [7, 11) is 0. The molecule has 0 unspecified atom stereocenters. The number of benzene rings is 3. The van der Waals surface area contributed by atoms with Crippen molar-refractivity contribution in [2.24, 2.45) is 4.99 Å². The van der Waals surface area contributed by atoms with Crippen LogP contribution in [0.1, 0.15) is 27.0 Å². The summed E-state index contributed by atoms with van der Waals surface area (Å²) >= 11 is 0. The number of nitrogens with zero attached hydrogens (tertiary/aromatic N) is 2. The lowest BCUT2D eigenvalue weighted by molar-refractivity contribution is 0.0990. The number of carbonyl (C=O) groups is 1. The van der Waals surface area contributed by atoms with Crippen molar-refractivity contribution < 1.29 is 14.6 Å². The van der Waals surface area contributed by atoms with Crippen LogP contribution in [0.2, 0.25) is 0 Å². The number of amides is 1. The van der Waals surface area contributed by atoms with E-state index in [1.165, 1.54) is 5.56 Å². The summed E-state index contributed by atoms with van der Waals surface area (Å²) in [5.74, 6) is 0.528. The van der Waals surface area contributed by atoms with Crippen LogP contribution in [0.15, 0.2) is 71.7 Å². The molecule has 1 amide bonds. The van der Waals surface area contributed by atoms with Crippen molar-refractivity contribution in [2.45, 2.75) is 19.6 Å². The van der Waals surface area contributed by atoms with Gasteiger partial charge in [0.2, 0.25) is 0 Å². The number of aliphatic hydroxyl groups is 1. The number of carbonyl (C=O) groups excluding carboxylic acids is 1. The lowest BCUT2D eigenvalue weighted by Crippen LogP contribution is -2.28. The number of rotatable bonds is 6. The molecule has 0 bridgehead atoms. The molecule has 5 nitrogen and oxygen atoms in total. The van der Waals surface area contributed by atoms with E-state index in [4.69, 9.17) is 4.74 Å². The number of para-hydroxylation sites is 1. The zero-order chi connectivity index (χ0) is 20.2. The Bertz CT molecular complexity index is 1060. The third kappa shape index (κ3) is 3.91. The van der Waals surface area contributed by atoms with Gasteiger partial charge >= 0.3 is 0 Å². The van der Waals surface area contributed by atoms with Crippen LogP contribution in [0, 0.1) is 0 Å². The zero-order valence-corrected chi connectivity index (χ0v) is 16.0. The van der Waals surface area contributed by atoms with Crippen molar-refractivity contribution in [2.75, 3.05) is 11.4 Å². The number of anilines is 1. The normalized spacial score (nSPS) is 12.5. The Balaban J connectivity index is 1.52. The summed E-state index contributed by atoms with van der Waals surface area (Å²) in [5.41, 5.74) is 4.94. The summed E-state index contributed by atoms with van der Waals surface area (Å²) in [6, 6.07) is 20.8. The van der Waals surface area contributed by atoms with Crippen molar-refractivity contribution >= 4 is 24.0 Å². The van der Waals surface area contributed by atoms with Gasteiger partial charge in [-0.3, -0.25) is 9.79 Å². The molecule has 5 heteroatoms. The van der Waals surface area contributed by atoms with Gasteiger partial charge in [0.25, 0.3) is 5.91 Å². The molecular weight excluding hydrogens is 364 g/mol. The Morgan fingerprint density at radius 3 is 2.72 bits per heavy atom. The number of aliphatic imine (C=N–C) groups is 1. The summed E-state index contributed by atoms with van der Waals surface area (Å²) in [6.45, 7) is 4.64. The molecule has 1 heterocycles. The van der Waals surface area contributed by atoms with Crippen molar-refractivity contribution in [1.82, 2.24) is 0 Å². The fourth-order valence-electron chi connectivity index (χ4n) is 3.59. The maximum Gasteiger partial charge on any atom is 0.260 e. The molecule has 3 aromatic rings. The molecule has 0 fully saturated rings. The highest BCUT2D eigenvalue weighted by molar-refractivity contribution is 6.10. The second kappa shape index (κ2) is 8.29. The van der Waals surface area contributed by atoms with Gasteiger partial charge in [0.05, 0.1) is 17.9 Å². The van der Waals surface area contributed by atoms with E-state index in [9.17, 15) is 9.90 Å². The maximum atomic E-state index is 13.1. The molecule has 0 radical (unpaired) electrons. The van der Waals surface area contributed by atoms with Gasteiger partial charge in [0.1, 0.15) is 12.4 Å². The molecule has 4 rings (SSSR count). The zero-order valence-electron chi connectivity index (χ0n) is 16.0. The summed E-state index contributed by atoms with van der Waals surface area (Å²) in [5, 5.41) is 9.25. The van der Waals surface area contributed by atoms with Crippen molar-refractivity contribution in [3.8, 4) is 5.75 Å². The number of fused-ring (bicyclic) bond motifs is 1. The van der Waals surface area contributed by atoms with E-state index in [0.29, 0.717) is 30.2 Å². The summed E-state index contributed by atoms with van der Waals surface area (Å²) in [6.07, 6.45) is 0.854. The first kappa shape index (κ1) is 18.9. The summed E-state index contributed by atoms with van der Waals surface area (Å²) in [4.78, 5) is 19.0. The Morgan fingerprint density at radius 2 is 1.90 bits per heavy atom. The fourth-order valence-corrected chi connectivity index (χ4v) is 3.59. The lowest BCUT2D eigenvalue weighted by atomic mass is 10.1. The first-order valence-corrected chi connectivity index (χ1v) is 9.51. The van der Waals surface area contributed by atoms with Crippen LogP contribution in [0.25, 0.3) is 0 Å². The standard InChI is InChI=1S/C24H22N2O3/c1-25-22-14-20(29-16-18-6-4-5-17(13-18)15-27)9-10-21(22)24(28)26-12-11-19-7-2-3-8-23(19)26/h2-10,13-14,27H,1,11-12,15-16H2. The van der Waals surface area contributed by atoms with E-state index in [1.54, 1.807) is 23.1 Å². The quantitative estimate of drug-likeness (QED) is 0.643. The molecule has 1 N–H and O–H groups in total. The molecule has 1 aliphatic heterocycles. The SMILES string of the molecule is C=Nc1cc(OCc2cccc(CO)c2)ccc1C(=O)N1CCc2ccccc21. The van der Waals surface area contributed by atoms with Gasteiger partial charge in [-0.1, -0.05) is 42.5 Å². The average molecular weight is 386 g/mol. The number of hydrogen-bond acceptors (Lipinski definition) is 4. The van der Waals surface area contributed by atoms with Crippen LogP contribution < -0.4 is 9.64 Å². The second-order valence-corrected chi connectivity index (χ2v) is 6.94. The molecule has 0 aliphatic carbocycles. The topological polar surface area (TPSA) is 62.1 Å². The third-order valence-electron chi connectivity index (χ3n) is 5.08. The molecular formula is C24H22N2O3. The predicted octanol–water partition coefficient (Wildman–Crippen LogP) is 4.29. The van der Waals surface area contributed by atoms with Crippen LogP contribution in [0.4, 0.5) is 11.4 Å². The van der Waals surface area contributed by atoms with Gasteiger partial charge in [-0.05, 0) is 48.0 Å². The first-order valence-electron chi connectivity index (χ1n) is 9.51. The Kier molecular flexibility index (Phi) is 5.40. The highest BCUT2D eigenvalue weighted by atomic mass is 16.5. The van der Waals surface area contributed by atoms with Crippen LogP contribution in [-0.4, -0.2) is 24.3 Å². The largest absolute Gasteiger partial charge is 0.489 e. The third-order valence-corrected chi connectivity index (χ3v) is 5.08. The Hall–Kier alpha value is -3.44. The fraction of sp³-hybridized carbons (Fsp3) is 0.167. The van der Waals surface area contributed by atoms with E-state index in [0.717, 1.165) is 23.2 Å². The number of hydrogen-bond donors (Lipinski definition) is 1. The minimum absolute atomic E-state index is 0.00515. The maximum absolute atomic E-state index is 13.1. The number of ether oxygens (including phenoxy) is 1. The van der Waals surface area contributed by atoms with Gasteiger partial charge < -0.3 is 14.7 Å². The van der Waals surface area contributed by atoms with E-state index < -0.39 is 0 Å². The van der Waals surface area contributed by atoms with E-state index in [2.05, 4.69) is 17.8 Å². The van der Waals surface area contributed by atoms with E-state index in [1.807, 2.05) is 42.5 Å². The van der Waals surface area contributed by atoms with Gasteiger partial charge in [-0.15, -0.1) is 0 Å². The smallest absolute Gasteiger partial charge is 0.260 e. The second-order valence-electron chi connectivity index (χ2n) is 6.94. The Morgan fingerprint density at radius 1 is 1.07 bits per heavy atom. The van der Waals surface area contributed by atoms with Crippen molar-refractivity contribution in [3.63, 3.8) is 0 Å². The van der Waals surface area contributed by atoms with Crippen LogP contribution in [-0.2, 0) is 19.6 Å². The molecule has 1 aliphatic rings. The number of aliphatic hydroxyl groups excluding tert-OH is 1. The van der Waals surface area contributed by atoms with Crippen LogP contribution >= 0.6 is 0 Å². The summed E-state index contributed by atoms with van der Waals surface area (Å²) < 4.78 is 5.86. The van der Waals surface area contributed by atoms with E-state index >= 15 is 0 Å². The minimum atomic E-state index is -0.0838. The van der Waals surface area contributed by atoms with Gasteiger partial charge in [0, 0.05) is 18.3 Å². The average Bonchev–Trinajstić information content (AvgIpc) is 3.21. The lowest BCUT2D eigenvalue weighted by Gasteiger charge is -2.19. The highest BCUT2D eigenvalue weighted by Crippen LogP contribution is 2.32. The minimum Gasteiger partial charge on any atom is -0.489 e. The van der Waals surface area contributed by atoms with Crippen LogP contribution in [0.5, 0.6) is 5.75 Å². The molecule has 146 valence electrons. The molecule has 0 spiro atoms. The molecule has 0 atom stereocenters. The van der Waals surface area contributed by atoms with E-state index in [-0.39, 0.29) is 12.5 Å². The first-order chi connectivity index (χ1) is 14.2. The highest BCUT2D eigenvalue weighted by Gasteiger charge is 2.26. The molecule has 0 saturated carbocycles. The molecule has 0 aromatic heterocycles. The predicted molar refractivity (Wildman–Crippen MR) is 114 cm³/mol. The monoisotopic (exact) mass is 386 g/mol. The van der Waals surface area contributed by atoms with Crippen LogP contribution in [0.3, 0.4) is 0 Å². The molecule has 3 aromatic carbocycles. The Labute approximate surface area is 169 Å². The van der Waals surface area contributed by atoms with Crippen molar-refractivity contribution in [3.05, 3.63) is 89.0 Å². The van der Waals surface area contributed by atoms with Gasteiger partial charge in [-0.25, -0.2) is 0 Å². The van der Waals surface area contributed by atoms with Crippen molar-refractivity contribution in [1.29, 1.82) is 0 Å². The molecule has 0 saturated heterocycles. The van der Waals surface area contributed by atoms with Gasteiger partial charge in [0.15, 0.2) is 0 Å².